The summed E-state index contributed by atoms with van der Waals surface area (Å²) in [6.07, 6.45) is 1.19. The maximum atomic E-state index is 13.5. The van der Waals surface area contributed by atoms with E-state index in [0.29, 0.717) is 13.0 Å². The molecule has 1 saturated heterocycles. The third-order valence-corrected chi connectivity index (χ3v) is 5.52. The fourth-order valence-corrected chi connectivity index (χ4v) is 4.14. The summed E-state index contributed by atoms with van der Waals surface area (Å²) in [4.78, 5) is 27.2. The summed E-state index contributed by atoms with van der Waals surface area (Å²) >= 11 is 0. The Labute approximate surface area is 157 Å². The number of ketones is 1. The van der Waals surface area contributed by atoms with E-state index in [4.69, 9.17) is 4.74 Å². The van der Waals surface area contributed by atoms with Crippen LogP contribution in [-0.2, 0) is 20.7 Å². The first-order chi connectivity index (χ1) is 13.0. The number of nitrogens with zero attached hydrogens (tertiary/aromatic N) is 1. The molecule has 140 valence electrons. The van der Waals surface area contributed by atoms with E-state index >= 15 is 0 Å². The second kappa shape index (κ2) is 6.89. The first-order valence-electron chi connectivity index (χ1n) is 9.28. The highest BCUT2D eigenvalue weighted by Gasteiger charge is 2.45. The lowest BCUT2D eigenvalue weighted by molar-refractivity contribution is -0.168. The second-order valence-electron chi connectivity index (χ2n) is 7.45. The van der Waals surface area contributed by atoms with Crippen LogP contribution in [0.4, 0.5) is 4.39 Å². The average Bonchev–Trinajstić information content (AvgIpc) is 2.67. The second-order valence-corrected chi connectivity index (χ2v) is 7.45. The number of rotatable bonds is 2. The van der Waals surface area contributed by atoms with Crippen LogP contribution in [0.25, 0.3) is 0 Å². The molecule has 0 bridgehead atoms. The first-order valence-corrected chi connectivity index (χ1v) is 9.28. The van der Waals surface area contributed by atoms with Gasteiger partial charge in [0, 0.05) is 19.4 Å². The number of halogens is 1. The maximum absolute atomic E-state index is 13.5. The highest BCUT2D eigenvalue weighted by atomic mass is 19.1. The molecule has 2 aliphatic rings. The minimum atomic E-state index is -1.14. The predicted molar refractivity (Wildman–Crippen MR) is 98.7 cm³/mol. The Hall–Kier alpha value is -2.53. The van der Waals surface area contributed by atoms with E-state index in [1.54, 1.807) is 24.0 Å². The Morgan fingerprint density at radius 3 is 2.63 bits per heavy atom. The number of carbonyl (C=O) groups is 2. The first kappa shape index (κ1) is 17.9. The van der Waals surface area contributed by atoms with E-state index in [1.807, 2.05) is 18.2 Å². The smallest absolute Gasteiger partial charge is 0.255 e. The van der Waals surface area contributed by atoms with Crippen molar-refractivity contribution in [1.29, 1.82) is 0 Å². The molecule has 0 spiro atoms. The molecule has 2 heterocycles. The summed E-state index contributed by atoms with van der Waals surface area (Å²) in [5.74, 6) is -0.443. The molecule has 1 unspecified atom stereocenters. The lowest BCUT2D eigenvalue weighted by atomic mass is 9.85. The van der Waals surface area contributed by atoms with Gasteiger partial charge in [-0.05, 0) is 42.2 Å². The van der Waals surface area contributed by atoms with Gasteiger partial charge in [0.15, 0.2) is 5.60 Å². The average molecular weight is 367 g/mol. The molecular weight excluding hydrogens is 345 g/mol. The zero-order chi connectivity index (χ0) is 19.0. The quantitative estimate of drug-likeness (QED) is 0.817. The molecular formula is C22H22FNO3. The third-order valence-electron chi connectivity index (χ3n) is 5.52. The molecule has 0 radical (unpaired) electrons. The summed E-state index contributed by atoms with van der Waals surface area (Å²) in [5.41, 5.74) is 1.93. The van der Waals surface area contributed by atoms with Crippen molar-refractivity contribution >= 4 is 11.7 Å². The molecule has 5 heteroatoms. The van der Waals surface area contributed by atoms with Gasteiger partial charge < -0.3 is 9.64 Å². The molecule has 2 aromatic carbocycles. The van der Waals surface area contributed by atoms with Crippen LogP contribution in [0.15, 0.2) is 48.5 Å². The van der Waals surface area contributed by atoms with E-state index in [9.17, 15) is 14.0 Å². The Morgan fingerprint density at radius 1 is 1.15 bits per heavy atom. The Balaban J connectivity index is 1.75. The summed E-state index contributed by atoms with van der Waals surface area (Å²) in [7, 11) is 0. The molecule has 1 fully saturated rings. The molecule has 4 nitrogen and oxygen atoms in total. The normalized spacial score (nSPS) is 25.2. The van der Waals surface area contributed by atoms with Crippen molar-refractivity contribution in [2.45, 2.75) is 37.8 Å². The Bertz CT molecular complexity index is 879. The standard InChI is InChI=1S/C22H22FNO3/c1-22(14-18(25)11-13-27-22)21(26)24-12-10-15-4-2-3-5-19(15)20(24)16-6-8-17(23)9-7-16/h2-9,20H,10-14H2,1H3/t20-,22?/m0/s1. The van der Waals surface area contributed by atoms with Gasteiger partial charge in [0.25, 0.3) is 5.91 Å². The van der Waals surface area contributed by atoms with Crippen LogP contribution < -0.4 is 0 Å². The van der Waals surface area contributed by atoms with Gasteiger partial charge in [0.2, 0.25) is 0 Å². The van der Waals surface area contributed by atoms with Crippen LogP contribution in [0.1, 0.15) is 42.5 Å². The lowest BCUT2D eigenvalue weighted by Crippen LogP contribution is -2.54. The number of fused-ring (bicyclic) bond motifs is 1. The minimum absolute atomic E-state index is 0.0489. The molecule has 0 saturated carbocycles. The van der Waals surface area contributed by atoms with Crippen molar-refractivity contribution in [3.8, 4) is 0 Å². The number of amides is 1. The molecule has 0 aliphatic carbocycles. The highest BCUT2D eigenvalue weighted by molar-refractivity contribution is 5.93. The van der Waals surface area contributed by atoms with Crippen LogP contribution in [0.2, 0.25) is 0 Å². The zero-order valence-electron chi connectivity index (χ0n) is 15.3. The molecule has 0 N–H and O–H groups in total. The molecule has 2 atom stereocenters. The minimum Gasteiger partial charge on any atom is -0.365 e. The predicted octanol–water partition coefficient (Wildman–Crippen LogP) is 3.44. The molecule has 0 aromatic heterocycles. The fraction of sp³-hybridized carbons (Fsp3) is 0.364. The van der Waals surface area contributed by atoms with Crippen molar-refractivity contribution in [2.24, 2.45) is 0 Å². The number of benzene rings is 2. The summed E-state index contributed by atoms with van der Waals surface area (Å²) < 4.78 is 19.2. The number of ether oxygens (including phenoxy) is 1. The summed E-state index contributed by atoms with van der Waals surface area (Å²) in [6.45, 7) is 2.51. The summed E-state index contributed by atoms with van der Waals surface area (Å²) in [5, 5.41) is 0. The highest BCUT2D eigenvalue weighted by Crippen LogP contribution is 2.38. The van der Waals surface area contributed by atoms with Gasteiger partial charge in [-0.15, -0.1) is 0 Å². The number of hydrogen-bond acceptors (Lipinski definition) is 3. The van der Waals surface area contributed by atoms with E-state index < -0.39 is 5.60 Å². The van der Waals surface area contributed by atoms with Crippen LogP contribution in [0.5, 0.6) is 0 Å². The maximum Gasteiger partial charge on any atom is 0.255 e. The van der Waals surface area contributed by atoms with Gasteiger partial charge >= 0.3 is 0 Å². The van der Waals surface area contributed by atoms with E-state index in [2.05, 4.69) is 6.07 Å². The van der Waals surface area contributed by atoms with Gasteiger partial charge in [-0.25, -0.2) is 4.39 Å². The van der Waals surface area contributed by atoms with Crippen LogP contribution in [-0.4, -0.2) is 35.3 Å². The third kappa shape index (κ3) is 3.28. The molecule has 1 amide bonds. The van der Waals surface area contributed by atoms with E-state index in [0.717, 1.165) is 17.5 Å². The van der Waals surface area contributed by atoms with Crippen LogP contribution in [0.3, 0.4) is 0 Å². The molecule has 4 rings (SSSR count). The van der Waals surface area contributed by atoms with Gasteiger partial charge in [0.1, 0.15) is 11.6 Å². The van der Waals surface area contributed by atoms with Gasteiger partial charge in [-0.2, -0.15) is 0 Å². The number of Topliss-reactive ketones (excluding diaryl/α,β-unsaturated/α-hetero) is 1. The topological polar surface area (TPSA) is 46.6 Å². The largest absolute Gasteiger partial charge is 0.365 e. The van der Waals surface area contributed by atoms with Crippen LogP contribution in [0, 0.1) is 5.82 Å². The lowest BCUT2D eigenvalue weighted by Gasteiger charge is -2.43. The van der Waals surface area contributed by atoms with Gasteiger partial charge in [-0.3, -0.25) is 9.59 Å². The van der Waals surface area contributed by atoms with Crippen molar-refractivity contribution in [3.05, 3.63) is 71.0 Å². The zero-order valence-corrected chi connectivity index (χ0v) is 15.3. The molecule has 2 aromatic rings. The van der Waals surface area contributed by atoms with Crippen molar-refractivity contribution in [1.82, 2.24) is 4.90 Å². The van der Waals surface area contributed by atoms with Crippen molar-refractivity contribution < 1.29 is 18.7 Å². The Kier molecular flexibility index (Phi) is 4.56. The van der Waals surface area contributed by atoms with Gasteiger partial charge in [0.05, 0.1) is 12.6 Å². The fourth-order valence-electron chi connectivity index (χ4n) is 4.14. The molecule has 2 aliphatic heterocycles. The number of carbonyl (C=O) groups excluding carboxylic acids is 2. The number of hydrogen-bond donors (Lipinski definition) is 0. The van der Waals surface area contributed by atoms with E-state index in [1.165, 1.54) is 17.7 Å². The monoisotopic (exact) mass is 367 g/mol. The van der Waals surface area contributed by atoms with Gasteiger partial charge in [-0.1, -0.05) is 36.4 Å². The van der Waals surface area contributed by atoms with Crippen molar-refractivity contribution in [3.63, 3.8) is 0 Å². The van der Waals surface area contributed by atoms with Crippen LogP contribution >= 0.6 is 0 Å². The SMILES string of the molecule is CC1(C(=O)N2CCc3ccccc3[C@@H]2c2ccc(F)cc2)CC(=O)CCO1. The van der Waals surface area contributed by atoms with E-state index in [-0.39, 0.29) is 36.6 Å². The Morgan fingerprint density at radius 2 is 1.89 bits per heavy atom. The van der Waals surface area contributed by atoms with Crippen molar-refractivity contribution in [2.75, 3.05) is 13.2 Å². The summed E-state index contributed by atoms with van der Waals surface area (Å²) in [6, 6.07) is 14.0. The molecule has 27 heavy (non-hydrogen) atoms.